The molecule has 3 aliphatic rings. The highest BCUT2D eigenvalue weighted by atomic mass is 16.7. The Bertz CT molecular complexity index is 1570. The molecule has 3 heterocycles. The first kappa shape index (κ1) is 23.8. The van der Waals surface area contributed by atoms with E-state index in [2.05, 4.69) is 12.1 Å². The van der Waals surface area contributed by atoms with Crippen LogP contribution in [0.5, 0.6) is 34.5 Å². The molecule has 3 aliphatic heterocycles. The average Bonchev–Trinajstić information content (AvgIpc) is 2.98. The van der Waals surface area contributed by atoms with Crippen LogP contribution in [0, 0.1) is 6.92 Å². The summed E-state index contributed by atoms with van der Waals surface area (Å²) < 4.78 is 32.1. The Balaban J connectivity index is 1.49. The van der Waals surface area contributed by atoms with Gasteiger partial charge in [-0.25, -0.2) is 0 Å². The summed E-state index contributed by atoms with van der Waals surface area (Å²) in [5.74, 6) is 2.23. The summed E-state index contributed by atoms with van der Waals surface area (Å²) in [5.41, 5.74) is 5.60. The van der Waals surface area contributed by atoms with Crippen LogP contribution in [0.1, 0.15) is 58.2 Å². The van der Waals surface area contributed by atoms with E-state index in [0.717, 1.165) is 52.2 Å². The van der Waals surface area contributed by atoms with Crippen LogP contribution in [0.15, 0.2) is 72.8 Å². The Hall–Kier alpha value is -4.32. The van der Waals surface area contributed by atoms with Gasteiger partial charge in [-0.05, 0) is 25.3 Å². The van der Waals surface area contributed by atoms with Gasteiger partial charge in [-0.1, -0.05) is 60.7 Å². The minimum absolute atomic E-state index is 0.0847. The molecule has 7 rings (SSSR count). The maximum Gasteiger partial charge on any atom is 0.278 e. The molecule has 4 aromatic carbocycles. The molecule has 0 unspecified atom stereocenters. The minimum atomic E-state index is -1.09. The smallest absolute Gasteiger partial charge is 0.278 e. The third-order valence-electron chi connectivity index (χ3n) is 8.29. The fourth-order valence-corrected chi connectivity index (χ4v) is 6.44. The molecule has 0 aromatic heterocycles. The van der Waals surface area contributed by atoms with Gasteiger partial charge in [0.1, 0.15) is 40.6 Å². The standard InChI is InChI=1S/C33H30O6/c1-19-24(34)16-27-29(31(19)36-3)23-18-33(38-27,21-12-8-5-9-13-21)39-28-17-26(35-2)22-14-15-25(37-32(22)30(23)28)20-10-6-4-7-11-20/h4-13,16-17,23,25,34H,14-15,18H2,1-3H3/t23-,25-,33-/m0/s1. The summed E-state index contributed by atoms with van der Waals surface area (Å²) in [7, 11) is 3.32. The summed E-state index contributed by atoms with van der Waals surface area (Å²) in [5, 5.41) is 10.8. The number of rotatable bonds is 4. The third-order valence-corrected chi connectivity index (χ3v) is 8.29. The molecule has 0 amide bonds. The van der Waals surface area contributed by atoms with Crippen molar-refractivity contribution in [1.82, 2.24) is 0 Å². The van der Waals surface area contributed by atoms with Gasteiger partial charge in [0.25, 0.3) is 5.79 Å². The molecule has 3 atom stereocenters. The van der Waals surface area contributed by atoms with Gasteiger partial charge in [-0.2, -0.15) is 0 Å². The van der Waals surface area contributed by atoms with Gasteiger partial charge in [-0.15, -0.1) is 0 Å². The van der Waals surface area contributed by atoms with Crippen LogP contribution in [0.3, 0.4) is 0 Å². The van der Waals surface area contributed by atoms with Crippen LogP contribution in [-0.2, 0) is 12.2 Å². The van der Waals surface area contributed by atoms with E-state index in [1.807, 2.05) is 61.5 Å². The van der Waals surface area contributed by atoms with E-state index in [9.17, 15) is 5.11 Å². The maximum absolute atomic E-state index is 10.8. The van der Waals surface area contributed by atoms with E-state index in [4.69, 9.17) is 23.7 Å². The monoisotopic (exact) mass is 522 g/mol. The summed E-state index contributed by atoms with van der Waals surface area (Å²) in [6, 6.07) is 23.9. The van der Waals surface area contributed by atoms with Crippen LogP contribution >= 0.6 is 0 Å². The Kier molecular flexibility index (Phi) is 5.41. The minimum Gasteiger partial charge on any atom is -0.507 e. The molecule has 2 bridgehead atoms. The molecule has 0 aliphatic carbocycles. The van der Waals surface area contributed by atoms with Crippen LogP contribution in [-0.4, -0.2) is 19.3 Å². The topological polar surface area (TPSA) is 66.4 Å². The SMILES string of the molecule is COc1cc2c(c3c1CC[C@@H](c1ccccc1)O3)[C@H]1C[C@](c3ccccc3)(Oc3cc(O)c(C)c(OC)c31)O2. The average molecular weight is 523 g/mol. The van der Waals surface area contributed by atoms with Crippen LogP contribution < -0.4 is 23.7 Å². The first-order chi connectivity index (χ1) is 19.0. The molecule has 0 saturated carbocycles. The number of phenolic OH excluding ortho intramolecular Hbond substituents is 1. The lowest BCUT2D eigenvalue weighted by Gasteiger charge is -2.48. The van der Waals surface area contributed by atoms with Crippen LogP contribution in [0.2, 0.25) is 0 Å². The molecule has 6 heteroatoms. The molecule has 6 nitrogen and oxygen atoms in total. The van der Waals surface area contributed by atoms with E-state index >= 15 is 0 Å². The van der Waals surface area contributed by atoms with Crippen molar-refractivity contribution in [1.29, 1.82) is 0 Å². The van der Waals surface area contributed by atoms with E-state index in [0.29, 0.717) is 29.2 Å². The number of benzene rings is 4. The summed E-state index contributed by atoms with van der Waals surface area (Å²) in [6.07, 6.45) is 2.10. The second-order valence-electron chi connectivity index (χ2n) is 10.4. The Labute approximate surface area is 227 Å². The number of methoxy groups -OCH3 is 2. The van der Waals surface area contributed by atoms with Gasteiger partial charge in [0.2, 0.25) is 0 Å². The second-order valence-corrected chi connectivity index (χ2v) is 10.4. The van der Waals surface area contributed by atoms with Crippen LogP contribution in [0.25, 0.3) is 0 Å². The van der Waals surface area contributed by atoms with Crippen molar-refractivity contribution in [3.8, 4) is 34.5 Å². The number of fused-ring (bicyclic) bond motifs is 8. The molecule has 0 saturated heterocycles. The highest BCUT2D eigenvalue weighted by Crippen LogP contribution is 2.62. The molecule has 1 N–H and O–H groups in total. The number of phenols is 1. The van der Waals surface area contributed by atoms with E-state index in [1.54, 1.807) is 20.3 Å². The lowest BCUT2D eigenvalue weighted by molar-refractivity contribution is -0.149. The Morgan fingerprint density at radius 2 is 1.56 bits per heavy atom. The fourth-order valence-electron chi connectivity index (χ4n) is 6.44. The summed E-state index contributed by atoms with van der Waals surface area (Å²) >= 11 is 0. The van der Waals surface area contributed by atoms with Gasteiger partial charge < -0.3 is 28.8 Å². The van der Waals surface area contributed by atoms with Gasteiger partial charge >= 0.3 is 0 Å². The zero-order valence-electron chi connectivity index (χ0n) is 22.2. The predicted molar refractivity (Wildman–Crippen MR) is 146 cm³/mol. The normalized spacial score (nSPS) is 22.2. The van der Waals surface area contributed by atoms with Gasteiger partial charge in [0.05, 0.1) is 14.2 Å². The summed E-state index contributed by atoms with van der Waals surface area (Å²) in [6.45, 7) is 1.86. The zero-order chi connectivity index (χ0) is 26.7. The van der Waals surface area contributed by atoms with Crippen molar-refractivity contribution in [2.45, 2.75) is 44.0 Å². The van der Waals surface area contributed by atoms with Crippen molar-refractivity contribution < 1.29 is 28.8 Å². The molecule has 4 aromatic rings. The molecule has 0 spiro atoms. The van der Waals surface area contributed by atoms with E-state index < -0.39 is 5.79 Å². The Morgan fingerprint density at radius 1 is 0.872 bits per heavy atom. The van der Waals surface area contributed by atoms with E-state index in [1.165, 1.54) is 0 Å². The number of ether oxygens (including phenoxy) is 5. The lowest BCUT2D eigenvalue weighted by atomic mass is 9.76. The summed E-state index contributed by atoms with van der Waals surface area (Å²) in [4.78, 5) is 0. The maximum atomic E-state index is 10.8. The van der Waals surface area contributed by atoms with Crippen molar-refractivity contribution in [2.24, 2.45) is 0 Å². The highest BCUT2D eigenvalue weighted by Gasteiger charge is 2.53. The van der Waals surface area contributed by atoms with E-state index in [-0.39, 0.29) is 17.8 Å². The lowest BCUT2D eigenvalue weighted by Crippen LogP contribution is -2.47. The fraction of sp³-hybridized carbons (Fsp3) is 0.273. The molecule has 198 valence electrons. The van der Waals surface area contributed by atoms with Gasteiger partial charge in [0, 0.05) is 52.3 Å². The zero-order valence-corrected chi connectivity index (χ0v) is 22.2. The highest BCUT2D eigenvalue weighted by molar-refractivity contribution is 5.68. The van der Waals surface area contributed by atoms with Crippen molar-refractivity contribution in [2.75, 3.05) is 14.2 Å². The first-order valence-corrected chi connectivity index (χ1v) is 13.3. The molecule has 39 heavy (non-hydrogen) atoms. The third kappa shape index (κ3) is 3.54. The van der Waals surface area contributed by atoms with Gasteiger partial charge in [-0.3, -0.25) is 0 Å². The molecule has 0 fully saturated rings. The van der Waals surface area contributed by atoms with Crippen molar-refractivity contribution >= 4 is 0 Å². The Morgan fingerprint density at radius 3 is 2.26 bits per heavy atom. The second kappa shape index (κ2) is 8.87. The predicted octanol–water partition coefficient (Wildman–Crippen LogP) is 6.94. The molecular weight excluding hydrogens is 492 g/mol. The first-order valence-electron chi connectivity index (χ1n) is 13.3. The van der Waals surface area contributed by atoms with Crippen molar-refractivity contribution in [3.63, 3.8) is 0 Å². The van der Waals surface area contributed by atoms with Crippen molar-refractivity contribution in [3.05, 3.63) is 106 Å². The van der Waals surface area contributed by atoms with Crippen LogP contribution in [0.4, 0.5) is 0 Å². The number of hydrogen-bond donors (Lipinski definition) is 1. The molecular formula is C33H30O6. The molecule has 0 radical (unpaired) electrons. The number of aromatic hydroxyl groups is 1. The largest absolute Gasteiger partial charge is 0.507 e. The number of hydrogen-bond acceptors (Lipinski definition) is 6. The van der Waals surface area contributed by atoms with Gasteiger partial charge in [0.15, 0.2) is 0 Å². The quantitative estimate of drug-likeness (QED) is 0.313.